The molecule has 1 aromatic rings. The second kappa shape index (κ2) is 6.43. The lowest BCUT2D eigenvalue weighted by Crippen LogP contribution is -2.45. The quantitative estimate of drug-likeness (QED) is 0.812. The van der Waals surface area contributed by atoms with Crippen molar-refractivity contribution in [3.8, 4) is 0 Å². The van der Waals surface area contributed by atoms with E-state index in [0.29, 0.717) is 6.54 Å². The molecule has 0 fully saturated rings. The Kier molecular flexibility index (Phi) is 5.20. The summed E-state index contributed by atoms with van der Waals surface area (Å²) in [5, 5.41) is 6.21. The van der Waals surface area contributed by atoms with Crippen molar-refractivity contribution in [1.82, 2.24) is 5.32 Å². The van der Waals surface area contributed by atoms with E-state index in [0.717, 1.165) is 18.5 Å². The molecule has 0 bridgehead atoms. The van der Waals surface area contributed by atoms with Crippen LogP contribution in [0, 0.1) is 0 Å². The molecule has 0 saturated carbocycles. The van der Waals surface area contributed by atoms with Gasteiger partial charge in [-0.15, -0.1) is 0 Å². The highest BCUT2D eigenvalue weighted by Gasteiger charge is 2.17. The standard InChI is InChI=1S/C15H24N2O/c1-5-12-9-7-8-10-13(12)16-11-14(18)17-15(3,4)6-2/h7-10,16H,5-6,11H2,1-4H3,(H,17,18). The smallest absolute Gasteiger partial charge is 0.239 e. The molecule has 3 nitrogen and oxygen atoms in total. The molecule has 1 amide bonds. The van der Waals surface area contributed by atoms with Gasteiger partial charge in [-0.2, -0.15) is 0 Å². The van der Waals surface area contributed by atoms with Crippen LogP contribution in [-0.2, 0) is 11.2 Å². The Morgan fingerprint density at radius 2 is 1.89 bits per heavy atom. The number of anilines is 1. The van der Waals surface area contributed by atoms with Gasteiger partial charge in [-0.25, -0.2) is 0 Å². The molecule has 0 aromatic heterocycles. The van der Waals surface area contributed by atoms with Crippen LogP contribution < -0.4 is 10.6 Å². The molecule has 0 saturated heterocycles. The third-order valence-corrected chi connectivity index (χ3v) is 3.20. The topological polar surface area (TPSA) is 41.1 Å². The fourth-order valence-corrected chi connectivity index (χ4v) is 1.69. The SMILES string of the molecule is CCc1ccccc1NCC(=O)NC(C)(C)CC. The number of hydrogen-bond donors (Lipinski definition) is 2. The van der Waals surface area contributed by atoms with E-state index < -0.39 is 0 Å². The molecule has 0 spiro atoms. The lowest BCUT2D eigenvalue weighted by molar-refractivity contribution is -0.121. The van der Waals surface area contributed by atoms with E-state index in [2.05, 4.69) is 30.5 Å². The zero-order valence-electron chi connectivity index (χ0n) is 11.8. The van der Waals surface area contributed by atoms with Crippen molar-refractivity contribution in [2.75, 3.05) is 11.9 Å². The van der Waals surface area contributed by atoms with Crippen molar-refractivity contribution < 1.29 is 4.79 Å². The number of carbonyl (C=O) groups excluding carboxylic acids is 1. The van der Waals surface area contributed by atoms with Crippen molar-refractivity contribution in [3.63, 3.8) is 0 Å². The Labute approximate surface area is 110 Å². The minimum absolute atomic E-state index is 0.0350. The Balaban J connectivity index is 2.52. The van der Waals surface area contributed by atoms with E-state index in [1.54, 1.807) is 0 Å². The average molecular weight is 248 g/mol. The van der Waals surface area contributed by atoms with Crippen molar-refractivity contribution in [3.05, 3.63) is 29.8 Å². The Morgan fingerprint density at radius 1 is 1.22 bits per heavy atom. The normalized spacial score (nSPS) is 11.1. The molecule has 100 valence electrons. The largest absolute Gasteiger partial charge is 0.376 e. The van der Waals surface area contributed by atoms with Crippen molar-refractivity contribution in [2.45, 2.75) is 46.1 Å². The third kappa shape index (κ3) is 4.40. The van der Waals surface area contributed by atoms with Crippen molar-refractivity contribution in [1.29, 1.82) is 0 Å². The Morgan fingerprint density at radius 3 is 2.50 bits per heavy atom. The number of carbonyl (C=O) groups is 1. The molecule has 1 rings (SSSR count). The molecule has 0 heterocycles. The maximum atomic E-state index is 11.8. The van der Waals surface area contributed by atoms with Crippen LogP contribution >= 0.6 is 0 Å². The number of hydrogen-bond acceptors (Lipinski definition) is 2. The maximum absolute atomic E-state index is 11.8. The van der Waals surface area contributed by atoms with Gasteiger partial charge in [0.05, 0.1) is 6.54 Å². The van der Waals surface area contributed by atoms with E-state index in [-0.39, 0.29) is 11.4 Å². The summed E-state index contributed by atoms with van der Waals surface area (Å²) < 4.78 is 0. The Bertz CT molecular complexity index is 399. The summed E-state index contributed by atoms with van der Waals surface area (Å²) in [5.74, 6) is 0.0350. The van der Waals surface area contributed by atoms with E-state index in [1.807, 2.05) is 32.0 Å². The van der Waals surface area contributed by atoms with Crippen LogP contribution in [0.15, 0.2) is 24.3 Å². The first kappa shape index (κ1) is 14.6. The van der Waals surface area contributed by atoms with Gasteiger partial charge >= 0.3 is 0 Å². The van der Waals surface area contributed by atoms with E-state index in [9.17, 15) is 4.79 Å². The van der Waals surface area contributed by atoms with Gasteiger partial charge in [0.1, 0.15) is 0 Å². The molecule has 1 aromatic carbocycles. The van der Waals surface area contributed by atoms with E-state index >= 15 is 0 Å². The highest BCUT2D eigenvalue weighted by atomic mass is 16.2. The molecule has 0 radical (unpaired) electrons. The van der Waals surface area contributed by atoms with Gasteiger partial charge in [0.2, 0.25) is 5.91 Å². The minimum atomic E-state index is -0.136. The highest BCUT2D eigenvalue weighted by molar-refractivity contribution is 5.81. The summed E-state index contributed by atoms with van der Waals surface area (Å²) in [6.07, 6.45) is 1.88. The fraction of sp³-hybridized carbons (Fsp3) is 0.533. The molecule has 18 heavy (non-hydrogen) atoms. The Hall–Kier alpha value is -1.51. The maximum Gasteiger partial charge on any atom is 0.239 e. The summed E-state index contributed by atoms with van der Waals surface area (Å²) in [5.41, 5.74) is 2.15. The number of aryl methyl sites for hydroxylation is 1. The molecule has 0 aliphatic rings. The highest BCUT2D eigenvalue weighted by Crippen LogP contribution is 2.15. The van der Waals surface area contributed by atoms with Crippen LogP contribution in [0.2, 0.25) is 0 Å². The van der Waals surface area contributed by atoms with E-state index in [4.69, 9.17) is 0 Å². The van der Waals surface area contributed by atoms with Gasteiger partial charge < -0.3 is 10.6 Å². The minimum Gasteiger partial charge on any atom is -0.376 e. The molecule has 2 N–H and O–H groups in total. The molecule has 0 aliphatic carbocycles. The van der Waals surface area contributed by atoms with Gasteiger partial charge in [-0.3, -0.25) is 4.79 Å². The van der Waals surface area contributed by atoms with Gasteiger partial charge in [0, 0.05) is 11.2 Å². The summed E-state index contributed by atoms with van der Waals surface area (Å²) in [7, 11) is 0. The molecule has 0 aliphatic heterocycles. The van der Waals surface area contributed by atoms with Gasteiger partial charge in [0.15, 0.2) is 0 Å². The first-order valence-corrected chi connectivity index (χ1v) is 6.61. The second-order valence-electron chi connectivity index (χ2n) is 5.15. The summed E-state index contributed by atoms with van der Waals surface area (Å²) in [6.45, 7) is 8.57. The summed E-state index contributed by atoms with van der Waals surface area (Å²) in [6, 6.07) is 8.09. The lowest BCUT2D eigenvalue weighted by atomic mass is 10.0. The van der Waals surface area contributed by atoms with Crippen molar-refractivity contribution >= 4 is 11.6 Å². The first-order chi connectivity index (χ1) is 8.48. The number of benzene rings is 1. The van der Waals surface area contributed by atoms with Crippen LogP contribution in [0.4, 0.5) is 5.69 Å². The van der Waals surface area contributed by atoms with Gasteiger partial charge in [0.25, 0.3) is 0 Å². The second-order valence-corrected chi connectivity index (χ2v) is 5.15. The monoisotopic (exact) mass is 248 g/mol. The fourth-order valence-electron chi connectivity index (χ4n) is 1.69. The van der Waals surface area contributed by atoms with Crippen LogP contribution in [0.3, 0.4) is 0 Å². The van der Waals surface area contributed by atoms with Crippen LogP contribution in [-0.4, -0.2) is 18.0 Å². The number of rotatable bonds is 6. The number of nitrogens with one attached hydrogen (secondary N) is 2. The zero-order chi connectivity index (χ0) is 13.6. The lowest BCUT2D eigenvalue weighted by Gasteiger charge is -2.24. The molecular formula is C15H24N2O. The third-order valence-electron chi connectivity index (χ3n) is 3.20. The van der Waals surface area contributed by atoms with Gasteiger partial charge in [-0.05, 0) is 38.3 Å². The number of amides is 1. The van der Waals surface area contributed by atoms with E-state index in [1.165, 1.54) is 5.56 Å². The van der Waals surface area contributed by atoms with Crippen LogP contribution in [0.5, 0.6) is 0 Å². The number of para-hydroxylation sites is 1. The average Bonchev–Trinajstić information content (AvgIpc) is 2.36. The van der Waals surface area contributed by atoms with Crippen LogP contribution in [0.25, 0.3) is 0 Å². The molecule has 3 heteroatoms. The summed E-state index contributed by atoms with van der Waals surface area (Å²) >= 11 is 0. The van der Waals surface area contributed by atoms with Crippen LogP contribution in [0.1, 0.15) is 39.7 Å². The van der Waals surface area contributed by atoms with Gasteiger partial charge in [-0.1, -0.05) is 32.0 Å². The van der Waals surface area contributed by atoms with Crippen molar-refractivity contribution in [2.24, 2.45) is 0 Å². The molecular weight excluding hydrogens is 224 g/mol. The predicted molar refractivity (Wildman–Crippen MR) is 76.8 cm³/mol. The predicted octanol–water partition coefficient (Wildman–Crippen LogP) is 2.97. The first-order valence-electron chi connectivity index (χ1n) is 6.61. The molecule has 0 atom stereocenters. The zero-order valence-corrected chi connectivity index (χ0v) is 11.8. The molecule has 0 unspecified atom stereocenters. The summed E-state index contributed by atoms with van der Waals surface area (Å²) in [4.78, 5) is 11.8.